The molecule has 0 aromatic heterocycles. The summed E-state index contributed by atoms with van der Waals surface area (Å²) in [6.07, 6.45) is 0.954. The van der Waals surface area contributed by atoms with Crippen molar-refractivity contribution in [3.05, 3.63) is 125 Å². The van der Waals surface area contributed by atoms with Crippen molar-refractivity contribution in [2.45, 2.75) is 57.1 Å². The number of nitrogens with zero attached hydrogens (tertiary/aromatic N) is 2. The molecule has 0 radical (unpaired) electrons. The van der Waals surface area contributed by atoms with E-state index in [1.807, 2.05) is 81.4 Å². The normalized spacial score (nSPS) is 12.5. The summed E-state index contributed by atoms with van der Waals surface area (Å²) in [7, 11) is -4.24. The molecule has 2 atom stereocenters. The lowest BCUT2D eigenvalue weighted by Gasteiger charge is -2.34. The quantitative estimate of drug-likeness (QED) is 0.157. The van der Waals surface area contributed by atoms with Crippen LogP contribution >= 0.6 is 11.6 Å². The van der Waals surface area contributed by atoms with E-state index in [-0.39, 0.29) is 35.5 Å². The molecule has 0 bridgehead atoms. The van der Waals surface area contributed by atoms with Gasteiger partial charge in [0.15, 0.2) is 0 Å². The molecule has 2 amide bonds. The highest BCUT2D eigenvalue weighted by molar-refractivity contribution is 7.92. The van der Waals surface area contributed by atoms with Gasteiger partial charge in [-0.2, -0.15) is 0 Å². The second-order valence-corrected chi connectivity index (χ2v) is 13.2. The molecule has 242 valence electrons. The number of anilines is 1. The fourth-order valence-electron chi connectivity index (χ4n) is 4.91. The lowest BCUT2D eigenvalue weighted by Crippen LogP contribution is -2.54. The van der Waals surface area contributed by atoms with E-state index in [0.717, 1.165) is 15.4 Å². The Hall–Kier alpha value is -4.34. The number of hydrogen-bond acceptors (Lipinski definition) is 5. The van der Waals surface area contributed by atoms with E-state index in [9.17, 15) is 18.0 Å². The molecule has 0 fully saturated rings. The van der Waals surface area contributed by atoms with E-state index in [0.29, 0.717) is 23.8 Å². The van der Waals surface area contributed by atoms with Crippen molar-refractivity contribution in [1.82, 2.24) is 10.2 Å². The summed E-state index contributed by atoms with van der Waals surface area (Å²) >= 11 is 6.06. The van der Waals surface area contributed by atoms with Gasteiger partial charge in [-0.3, -0.25) is 13.9 Å². The van der Waals surface area contributed by atoms with E-state index >= 15 is 0 Å². The summed E-state index contributed by atoms with van der Waals surface area (Å²) in [6.45, 7) is 5.74. The fourth-order valence-corrected chi connectivity index (χ4v) is 6.45. The van der Waals surface area contributed by atoms with Crippen LogP contribution in [-0.2, 0) is 32.6 Å². The first-order valence-electron chi connectivity index (χ1n) is 15.3. The van der Waals surface area contributed by atoms with Crippen molar-refractivity contribution in [3.63, 3.8) is 0 Å². The van der Waals surface area contributed by atoms with Crippen LogP contribution in [0.25, 0.3) is 0 Å². The Labute approximate surface area is 277 Å². The zero-order chi connectivity index (χ0) is 33.1. The number of halogens is 1. The zero-order valence-corrected chi connectivity index (χ0v) is 27.9. The maximum Gasteiger partial charge on any atom is 0.264 e. The smallest absolute Gasteiger partial charge is 0.264 e. The number of hydrogen-bond donors (Lipinski definition) is 1. The van der Waals surface area contributed by atoms with Gasteiger partial charge in [0.1, 0.15) is 18.3 Å². The average molecular weight is 662 g/mol. The molecule has 1 N–H and O–H groups in total. The molecule has 10 heteroatoms. The second-order valence-electron chi connectivity index (χ2n) is 10.9. The Balaban J connectivity index is 1.79. The van der Waals surface area contributed by atoms with E-state index in [1.165, 1.54) is 29.2 Å². The highest BCUT2D eigenvalue weighted by Gasteiger charge is 2.35. The topological polar surface area (TPSA) is 96.0 Å². The van der Waals surface area contributed by atoms with Gasteiger partial charge in [0.05, 0.1) is 17.2 Å². The molecule has 46 heavy (non-hydrogen) atoms. The predicted molar refractivity (Wildman–Crippen MR) is 182 cm³/mol. The van der Waals surface area contributed by atoms with Crippen LogP contribution in [0.1, 0.15) is 38.3 Å². The van der Waals surface area contributed by atoms with Crippen molar-refractivity contribution < 1.29 is 22.7 Å². The molecule has 0 aliphatic rings. The van der Waals surface area contributed by atoms with Gasteiger partial charge in [-0.25, -0.2) is 8.42 Å². The lowest BCUT2D eigenvalue weighted by molar-refractivity contribution is -0.140. The number of carbonyl (C=O) groups excluding carboxylic acids is 2. The number of rotatable bonds is 15. The van der Waals surface area contributed by atoms with Gasteiger partial charge in [0, 0.05) is 24.0 Å². The fraction of sp³-hybridized carbons (Fsp3) is 0.278. The van der Waals surface area contributed by atoms with Gasteiger partial charge in [0.2, 0.25) is 11.8 Å². The summed E-state index contributed by atoms with van der Waals surface area (Å²) < 4.78 is 34.9. The van der Waals surface area contributed by atoms with Gasteiger partial charge >= 0.3 is 0 Å². The highest BCUT2D eigenvalue weighted by atomic mass is 35.5. The van der Waals surface area contributed by atoms with Crippen molar-refractivity contribution in [2.75, 3.05) is 17.5 Å². The summed E-state index contributed by atoms with van der Waals surface area (Å²) in [5.74, 6) is -0.275. The molecule has 4 aromatic rings. The maximum absolute atomic E-state index is 14.5. The number of ether oxygens (including phenoxy) is 1. The highest BCUT2D eigenvalue weighted by Crippen LogP contribution is 2.28. The third-order valence-corrected chi connectivity index (χ3v) is 9.62. The molecule has 0 aliphatic heterocycles. The summed E-state index contributed by atoms with van der Waals surface area (Å²) in [4.78, 5) is 29.9. The van der Waals surface area contributed by atoms with Crippen molar-refractivity contribution in [2.24, 2.45) is 0 Å². The van der Waals surface area contributed by atoms with Gasteiger partial charge in [-0.15, -0.1) is 0 Å². The minimum absolute atomic E-state index is 0.0245. The number of carbonyl (C=O) groups is 2. The van der Waals surface area contributed by atoms with Gasteiger partial charge in [0.25, 0.3) is 10.0 Å². The maximum atomic E-state index is 14.5. The molecule has 4 aromatic carbocycles. The number of nitrogens with one attached hydrogen (secondary N) is 1. The van der Waals surface area contributed by atoms with Gasteiger partial charge in [-0.05, 0) is 79.9 Å². The van der Waals surface area contributed by atoms with Crippen molar-refractivity contribution in [3.8, 4) is 5.75 Å². The monoisotopic (exact) mass is 661 g/mol. The van der Waals surface area contributed by atoms with Crippen LogP contribution in [0.3, 0.4) is 0 Å². The lowest BCUT2D eigenvalue weighted by atomic mass is 10.0. The standard InChI is InChI=1S/C36H40ClN3O5S/c1-4-27(3)38-36(42)34(24-28-12-8-6-9-13-28)39(25-29-14-10-7-11-15-29)35(41)26-40(31-18-20-32(21-19-31)45-5-2)46(43,44)33-22-16-30(37)17-23-33/h6-23,27,34H,4-5,24-26H2,1-3H3,(H,38,42)/t27-,34+/m1/s1. The van der Waals surface area contributed by atoms with Crippen LogP contribution in [-0.4, -0.2) is 50.4 Å². The van der Waals surface area contributed by atoms with Crippen LogP contribution in [0, 0.1) is 0 Å². The molecule has 4 rings (SSSR count). The summed E-state index contributed by atoms with van der Waals surface area (Å²) in [6, 6.07) is 30.1. The zero-order valence-electron chi connectivity index (χ0n) is 26.3. The number of sulfonamides is 1. The van der Waals surface area contributed by atoms with Gasteiger partial charge in [-0.1, -0.05) is 79.2 Å². The molecule has 0 saturated carbocycles. The minimum atomic E-state index is -4.24. The molecule has 0 saturated heterocycles. The predicted octanol–water partition coefficient (Wildman–Crippen LogP) is 6.49. The molecule has 8 nitrogen and oxygen atoms in total. The third kappa shape index (κ3) is 9.11. The second kappa shape index (κ2) is 16.3. The molecular formula is C36H40ClN3O5S. The van der Waals surface area contributed by atoms with Crippen molar-refractivity contribution in [1.29, 1.82) is 0 Å². The minimum Gasteiger partial charge on any atom is -0.494 e. The van der Waals surface area contributed by atoms with Crippen LogP contribution < -0.4 is 14.4 Å². The number of amides is 2. The first kappa shape index (κ1) is 34.5. The molecule has 0 unspecified atom stereocenters. The molecule has 0 spiro atoms. The van der Waals surface area contributed by atoms with Crippen molar-refractivity contribution >= 4 is 39.1 Å². The molecular weight excluding hydrogens is 622 g/mol. The Morgan fingerprint density at radius 2 is 1.41 bits per heavy atom. The van der Waals surface area contributed by atoms with Crippen LogP contribution in [0.15, 0.2) is 114 Å². The van der Waals surface area contributed by atoms with E-state index in [1.54, 1.807) is 24.3 Å². The SMILES string of the molecule is CCOc1ccc(N(CC(=O)N(Cc2ccccc2)[C@@H](Cc2ccccc2)C(=O)N[C@H](C)CC)S(=O)(=O)c2ccc(Cl)cc2)cc1. The van der Waals surface area contributed by atoms with Crippen LogP contribution in [0.4, 0.5) is 5.69 Å². The molecule has 0 heterocycles. The number of benzene rings is 4. The van der Waals surface area contributed by atoms with Crippen LogP contribution in [0.2, 0.25) is 5.02 Å². The van der Waals surface area contributed by atoms with E-state index < -0.39 is 28.5 Å². The Kier molecular flexibility index (Phi) is 12.2. The molecule has 0 aliphatic carbocycles. The Morgan fingerprint density at radius 3 is 1.98 bits per heavy atom. The Bertz CT molecular complexity index is 1670. The first-order valence-corrected chi connectivity index (χ1v) is 17.1. The Morgan fingerprint density at radius 1 is 0.826 bits per heavy atom. The average Bonchev–Trinajstić information content (AvgIpc) is 3.06. The largest absolute Gasteiger partial charge is 0.494 e. The van der Waals surface area contributed by atoms with Crippen LogP contribution in [0.5, 0.6) is 5.75 Å². The first-order chi connectivity index (χ1) is 22.1. The summed E-state index contributed by atoms with van der Waals surface area (Å²) in [5.41, 5.74) is 1.95. The van der Waals surface area contributed by atoms with E-state index in [2.05, 4.69) is 5.32 Å². The van der Waals surface area contributed by atoms with E-state index in [4.69, 9.17) is 16.3 Å². The third-order valence-electron chi connectivity index (χ3n) is 7.58. The van der Waals surface area contributed by atoms with Gasteiger partial charge < -0.3 is 15.0 Å². The summed E-state index contributed by atoms with van der Waals surface area (Å²) in [5, 5.41) is 3.43.